The van der Waals surface area contributed by atoms with Crippen molar-refractivity contribution in [2.45, 2.75) is 24.0 Å². The largest absolute Gasteiger partial charge is 0.493 e. The number of halogens is 3. The number of aryl methyl sites for hydroxylation is 1. The van der Waals surface area contributed by atoms with E-state index in [-0.39, 0.29) is 10.9 Å². The first kappa shape index (κ1) is 17.3. The van der Waals surface area contributed by atoms with Crippen molar-refractivity contribution in [2.75, 3.05) is 0 Å². The van der Waals surface area contributed by atoms with E-state index in [1.807, 2.05) is 31.2 Å². The molecule has 0 saturated heterocycles. The van der Waals surface area contributed by atoms with Crippen LogP contribution in [-0.4, -0.2) is 20.1 Å². The Balaban J connectivity index is 1.72. The number of alkyl halides is 3. The minimum atomic E-state index is -4.66. The van der Waals surface area contributed by atoms with E-state index in [1.54, 1.807) is 6.20 Å². The molecular weight excluding hydrogens is 355 g/mol. The molecule has 5 nitrogen and oxygen atoms in total. The third kappa shape index (κ3) is 4.30. The summed E-state index contributed by atoms with van der Waals surface area (Å²) >= 11 is 0.890. The van der Waals surface area contributed by atoms with Crippen LogP contribution in [0, 0.1) is 6.92 Å². The summed E-state index contributed by atoms with van der Waals surface area (Å²) in [6, 6.07) is 8.13. The van der Waals surface area contributed by atoms with Crippen LogP contribution in [0.3, 0.4) is 0 Å². The number of hydrogen-bond acceptors (Lipinski definition) is 6. The first-order valence-electron chi connectivity index (χ1n) is 7.11. The van der Waals surface area contributed by atoms with E-state index in [2.05, 4.69) is 15.0 Å². The molecule has 0 bridgehead atoms. The summed E-state index contributed by atoms with van der Waals surface area (Å²) in [6.45, 7) is 1.97. The number of benzene rings is 1. The molecule has 1 aromatic carbocycles. The van der Waals surface area contributed by atoms with Crippen molar-refractivity contribution in [3.63, 3.8) is 0 Å². The van der Waals surface area contributed by atoms with Crippen molar-refractivity contribution in [1.82, 2.24) is 15.0 Å². The van der Waals surface area contributed by atoms with Gasteiger partial charge in [-0.3, -0.25) is 0 Å². The second kappa shape index (κ2) is 6.75. The molecule has 25 heavy (non-hydrogen) atoms. The van der Waals surface area contributed by atoms with Gasteiger partial charge in [-0.25, -0.2) is 9.97 Å². The third-order valence-corrected chi connectivity index (χ3v) is 4.03. The summed E-state index contributed by atoms with van der Waals surface area (Å²) < 4.78 is 43.7. The highest BCUT2D eigenvalue weighted by Gasteiger charge is 2.33. The van der Waals surface area contributed by atoms with Gasteiger partial charge in [0.05, 0.1) is 11.9 Å². The number of aromatic hydroxyl groups is 1. The van der Waals surface area contributed by atoms with Crippen molar-refractivity contribution in [2.24, 2.45) is 0 Å². The molecule has 2 heterocycles. The zero-order chi connectivity index (χ0) is 18.0. The topological polar surface area (TPSA) is 72.0 Å². The van der Waals surface area contributed by atoms with Gasteiger partial charge in [0.2, 0.25) is 11.8 Å². The maximum atomic E-state index is 12.7. The van der Waals surface area contributed by atoms with Gasteiger partial charge < -0.3 is 9.52 Å². The highest BCUT2D eigenvalue weighted by Crippen LogP contribution is 2.31. The first-order chi connectivity index (χ1) is 11.8. The van der Waals surface area contributed by atoms with Crippen molar-refractivity contribution in [3.05, 3.63) is 53.7 Å². The summed E-state index contributed by atoms with van der Waals surface area (Å²) in [4.78, 5) is 11.1. The molecule has 9 heteroatoms. The smallest absolute Gasteiger partial charge is 0.433 e. The van der Waals surface area contributed by atoms with Crippen molar-refractivity contribution < 1.29 is 22.7 Å². The van der Waals surface area contributed by atoms with Gasteiger partial charge in [0.25, 0.3) is 0 Å². The summed E-state index contributed by atoms with van der Waals surface area (Å²) in [7, 11) is 0. The first-order valence-corrected chi connectivity index (χ1v) is 8.09. The zero-order valence-corrected chi connectivity index (χ0v) is 13.7. The molecule has 0 radical (unpaired) electrons. The lowest BCUT2D eigenvalue weighted by atomic mass is 10.1. The molecule has 0 atom stereocenters. The van der Waals surface area contributed by atoms with E-state index >= 15 is 0 Å². The molecule has 3 aromatic rings. The van der Waals surface area contributed by atoms with Crippen molar-refractivity contribution in [1.29, 1.82) is 0 Å². The van der Waals surface area contributed by atoms with Crippen LogP contribution in [-0.2, 0) is 11.9 Å². The van der Waals surface area contributed by atoms with Crippen LogP contribution in [0.5, 0.6) is 5.88 Å². The molecule has 0 aliphatic rings. The van der Waals surface area contributed by atoms with Crippen LogP contribution >= 0.6 is 11.8 Å². The molecule has 1 N–H and O–H groups in total. The fraction of sp³-hybridized carbons (Fsp3) is 0.188. The number of nitrogens with zero attached hydrogens (tertiary/aromatic N) is 3. The summed E-state index contributed by atoms with van der Waals surface area (Å²) in [5.41, 5.74) is 0.762. The Morgan fingerprint density at radius 2 is 1.88 bits per heavy atom. The molecule has 0 spiro atoms. The molecule has 0 fully saturated rings. The lowest BCUT2D eigenvalue weighted by molar-refractivity contribution is -0.141. The van der Waals surface area contributed by atoms with E-state index in [0.29, 0.717) is 17.7 Å². The predicted molar refractivity (Wildman–Crippen MR) is 84.9 cm³/mol. The van der Waals surface area contributed by atoms with E-state index in [4.69, 9.17) is 4.42 Å². The Morgan fingerprint density at radius 1 is 1.16 bits per heavy atom. The maximum absolute atomic E-state index is 12.7. The van der Waals surface area contributed by atoms with Crippen molar-refractivity contribution >= 4 is 11.8 Å². The maximum Gasteiger partial charge on any atom is 0.433 e. The molecule has 3 rings (SSSR count). The number of hydrogen-bond donors (Lipinski definition) is 1. The molecule has 0 aliphatic heterocycles. The van der Waals surface area contributed by atoms with Gasteiger partial charge in [-0.1, -0.05) is 41.6 Å². The fourth-order valence-electron chi connectivity index (χ4n) is 1.98. The molecule has 0 aliphatic carbocycles. The molecule has 0 saturated carbocycles. The summed E-state index contributed by atoms with van der Waals surface area (Å²) in [5.74, 6) is 0.272. The highest BCUT2D eigenvalue weighted by atomic mass is 32.2. The molecule has 0 unspecified atom stereocenters. The van der Waals surface area contributed by atoms with Crippen LogP contribution in [0.25, 0.3) is 11.3 Å². The minimum absolute atomic E-state index is 0.132. The second-order valence-electron chi connectivity index (χ2n) is 5.16. The summed E-state index contributed by atoms with van der Waals surface area (Å²) in [5, 5.41) is 9.12. The molecule has 130 valence electrons. The number of rotatable bonds is 4. The monoisotopic (exact) mass is 367 g/mol. The molecular formula is C16H12F3N3O2S. The minimum Gasteiger partial charge on any atom is -0.493 e. The van der Waals surface area contributed by atoms with Gasteiger partial charge in [-0.2, -0.15) is 18.2 Å². The number of oxazole rings is 1. The lowest BCUT2D eigenvalue weighted by Crippen LogP contribution is -2.09. The number of thioether (sulfide) groups is 1. The second-order valence-corrected chi connectivity index (χ2v) is 6.11. The van der Waals surface area contributed by atoms with Gasteiger partial charge in [0.1, 0.15) is 0 Å². The third-order valence-electron chi connectivity index (χ3n) is 3.20. The average Bonchev–Trinajstić information content (AvgIpc) is 3.01. The Morgan fingerprint density at radius 3 is 2.56 bits per heavy atom. The Bertz CT molecular complexity index is 879. The van der Waals surface area contributed by atoms with E-state index in [1.165, 1.54) is 0 Å². The standard InChI is InChI=1S/C16H12F3N3O2S/c1-9-2-4-10(5-3-9)11-7-20-14(24-11)8-25-15-21-12(16(17,18)19)6-13(23)22-15/h2-7H,8H2,1H3,(H,21,22,23). The van der Waals surface area contributed by atoms with Crippen LogP contribution < -0.4 is 0 Å². The predicted octanol–water partition coefficient (Wildman–Crippen LogP) is 4.46. The summed E-state index contributed by atoms with van der Waals surface area (Å²) in [6.07, 6.45) is -3.11. The number of aromatic nitrogens is 3. The Labute approximate surface area is 145 Å². The van der Waals surface area contributed by atoms with Crippen LogP contribution in [0.1, 0.15) is 17.1 Å². The van der Waals surface area contributed by atoms with Crippen LogP contribution in [0.2, 0.25) is 0 Å². The van der Waals surface area contributed by atoms with Crippen molar-refractivity contribution in [3.8, 4) is 17.2 Å². The zero-order valence-electron chi connectivity index (χ0n) is 12.9. The Hall–Kier alpha value is -2.55. The quantitative estimate of drug-likeness (QED) is 0.542. The SMILES string of the molecule is Cc1ccc(-c2cnc(CSc3nc(O)cc(C(F)(F)F)n3)o2)cc1. The lowest BCUT2D eigenvalue weighted by Gasteiger charge is -2.07. The van der Waals surface area contributed by atoms with E-state index in [0.717, 1.165) is 22.9 Å². The van der Waals surface area contributed by atoms with Gasteiger partial charge in [-0.15, -0.1) is 0 Å². The fourth-order valence-corrected chi connectivity index (χ4v) is 2.68. The molecule has 2 aromatic heterocycles. The Kier molecular flexibility index (Phi) is 4.67. The van der Waals surface area contributed by atoms with Crippen LogP contribution in [0.15, 0.2) is 46.1 Å². The normalized spacial score (nSPS) is 11.7. The van der Waals surface area contributed by atoms with Crippen LogP contribution in [0.4, 0.5) is 13.2 Å². The van der Waals surface area contributed by atoms with E-state index < -0.39 is 17.8 Å². The van der Waals surface area contributed by atoms with Gasteiger partial charge in [0.15, 0.2) is 16.6 Å². The average molecular weight is 367 g/mol. The van der Waals surface area contributed by atoms with Gasteiger partial charge >= 0.3 is 6.18 Å². The van der Waals surface area contributed by atoms with Gasteiger partial charge in [-0.05, 0) is 6.92 Å². The molecule has 0 amide bonds. The van der Waals surface area contributed by atoms with E-state index in [9.17, 15) is 18.3 Å². The highest BCUT2D eigenvalue weighted by molar-refractivity contribution is 7.98. The van der Waals surface area contributed by atoms with Gasteiger partial charge in [0, 0.05) is 11.6 Å².